The summed E-state index contributed by atoms with van der Waals surface area (Å²) in [6, 6.07) is 1.75. The molecule has 1 amide bonds. The first-order valence-corrected chi connectivity index (χ1v) is 5.89. The van der Waals surface area contributed by atoms with Crippen molar-refractivity contribution in [2.45, 2.75) is 19.9 Å². The summed E-state index contributed by atoms with van der Waals surface area (Å²) < 4.78 is 2.22. The molecule has 0 fully saturated rings. The molecular formula is C10H12BrN5O. The maximum atomic E-state index is 12.0. The van der Waals surface area contributed by atoms with E-state index >= 15 is 0 Å². The Morgan fingerprint density at radius 3 is 2.94 bits per heavy atom. The fraction of sp³-hybridized carbons (Fsp3) is 0.300. The van der Waals surface area contributed by atoms with Crippen LogP contribution in [0.25, 0.3) is 5.65 Å². The van der Waals surface area contributed by atoms with Crippen LogP contribution in [0.1, 0.15) is 24.2 Å². The number of carbonyl (C=O) groups is 1. The molecule has 0 saturated carbocycles. The number of aromatic nitrogens is 3. The molecule has 0 aromatic carbocycles. The van der Waals surface area contributed by atoms with E-state index < -0.39 is 0 Å². The van der Waals surface area contributed by atoms with Crippen molar-refractivity contribution in [1.82, 2.24) is 19.9 Å². The Hall–Kier alpha value is -1.63. The van der Waals surface area contributed by atoms with Gasteiger partial charge in [-0.05, 0) is 35.8 Å². The maximum absolute atomic E-state index is 12.0. The first-order valence-electron chi connectivity index (χ1n) is 5.09. The van der Waals surface area contributed by atoms with Crippen LogP contribution >= 0.6 is 15.9 Å². The molecule has 17 heavy (non-hydrogen) atoms. The van der Waals surface area contributed by atoms with Crippen molar-refractivity contribution >= 4 is 33.4 Å². The molecular weight excluding hydrogens is 286 g/mol. The number of amides is 1. The summed E-state index contributed by atoms with van der Waals surface area (Å²) in [7, 11) is 0. The first kappa shape index (κ1) is 11.8. The Morgan fingerprint density at radius 2 is 2.29 bits per heavy atom. The van der Waals surface area contributed by atoms with Crippen molar-refractivity contribution in [2.75, 3.05) is 5.73 Å². The van der Waals surface area contributed by atoms with E-state index in [-0.39, 0.29) is 17.9 Å². The summed E-state index contributed by atoms with van der Waals surface area (Å²) in [5.74, 6) is -0.0552. The molecule has 0 aliphatic rings. The summed E-state index contributed by atoms with van der Waals surface area (Å²) in [6.45, 7) is 3.79. The first-order chi connectivity index (χ1) is 7.97. The number of pyridine rings is 1. The van der Waals surface area contributed by atoms with Gasteiger partial charge in [-0.15, -0.1) is 5.10 Å². The van der Waals surface area contributed by atoms with Crippen LogP contribution in [-0.2, 0) is 0 Å². The molecule has 2 aromatic rings. The smallest absolute Gasteiger partial charge is 0.255 e. The molecule has 6 nitrogen and oxygen atoms in total. The minimum Gasteiger partial charge on any atom is -0.366 e. The molecule has 3 N–H and O–H groups in total. The van der Waals surface area contributed by atoms with Gasteiger partial charge in [-0.3, -0.25) is 4.79 Å². The lowest BCUT2D eigenvalue weighted by molar-refractivity contribution is 0.0944. The van der Waals surface area contributed by atoms with E-state index in [0.29, 0.717) is 11.2 Å². The quantitative estimate of drug-likeness (QED) is 0.872. The Balaban J connectivity index is 2.55. The SMILES string of the molecule is CC(C)NC(=O)c1cc(Br)cn2nc(N)nc12. The number of nitrogens with two attached hydrogens (primary N) is 1. The zero-order valence-electron chi connectivity index (χ0n) is 9.44. The molecule has 0 bridgehead atoms. The summed E-state index contributed by atoms with van der Waals surface area (Å²) in [6.07, 6.45) is 1.70. The minimum absolute atomic E-state index is 0.0572. The number of anilines is 1. The number of hydrogen-bond donors (Lipinski definition) is 2. The van der Waals surface area contributed by atoms with Crippen LogP contribution in [0.4, 0.5) is 5.95 Å². The van der Waals surface area contributed by atoms with Crippen LogP contribution in [0, 0.1) is 0 Å². The van der Waals surface area contributed by atoms with Gasteiger partial charge in [0.2, 0.25) is 5.95 Å². The van der Waals surface area contributed by atoms with Crippen molar-refractivity contribution in [2.24, 2.45) is 0 Å². The number of fused-ring (bicyclic) bond motifs is 1. The lowest BCUT2D eigenvalue weighted by atomic mass is 10.2. The van der Waals surface area contributed by atoms with E-state index in [0.717, 1.165) is 4.47 Å². The monoisotopic (exact) mass is 297 g/mol. The second kappa shape index (κ2) is 4.33. The van der Waals surface area contributed by atoms with Crippen molar-refractivity contribution < 1.29 is 4.79 Å². The molecule has 0 aliphatic heterocycles. The van der Waals surface area contributed by atoms with Gasteiger partial charge in [0.05, 0.1) is 5.56 Å². The van der Waals surface area contributed by atoms with Gasteiger partial charge < -0.3 is 11.1 Å². The number of hydrogen-bond acceptors (Lipinski definition) is 4. The number of rotatable bonds is 2. The molecule has 0 atom stereocenters. The second-order valence-corrected chi connectivity index (χ2v) is 4.85. The van der Waals surface area contributed by atoms with Gasteiger partial charge in [0.25, 0.3) is 5.91 Å². The highest BCUT2D eigenvalue weighted by molar-refractivity contribution is 9.10. The average Bonchev–Trinajstić information content (AvgIpc) is 2.55. The van der Waals surface area contributed by atoms with E-state index in [4.69, 9.17) is 5.73 Å². The number of nitrogen functional groups attached to an aromatic ring is 1. The Morgan fingerprint density at radius 1 is 1.59 bits per heavy atom. The zero-order chi connectivity index (χ0) is 12.6. The predicted molar refractivity (Wildman–Crippen MR) is 67.7 cm³/mol. The summed E-state index contributed by atoms with van der Waals surface area (Å²) in [4.78, 5) is 16.0. The van der Waals surface area contributed by atoms with Crippen LogP contribution in [0.3, 0.4) is 0 Å². The topological polar surface area (TPSA) is 85.3 Å². The lowest BCUT2D eigenvalue weighted by Crippen LogP contribution is -2.30. The molecule has 0 spiro atoms. The van der Waals surface area contributed by atoms with Crippen molar-refractivity contribution in [1.29, 1.82) is 0 Å². The molecule has 7 heteroatoms. The highest BCUT2D eigenvalue weighted by atomic mass is 79.9. The molecule has 0 radical (unpaired) electrons. The molecule has 2 heterocycles. The number of halogens is 1. The van der Waals surface area contributed by atoms with E-state index in [1.54, 1.807) is 12.3 Å². The molecule has 2 aromatic heterocycles. The summed E-state index contributed by atoms with van der Waals surface area (Å²) >= 11 is 3.32. The standard InChI is InChI=1S/C10H12BrN5O/c1-5(2)13-9(17)7-3-6(11)4-16-8(7)14-10(12)15-16/h3-5H,1-2H3,(H2,12,15)(H,13,17). The van der Waals surface area contributed by atoms with Crippen molar-refractivity contribution in [3.8, 4) is 0 Å². The third-order valence-electron chi connectivity index (χ3n) is 2.08. The third kappa shape index (κ3) is 2.38. The van der Waals surface area contributed by atoms with Gasteiger partial charge in [-0.25, -0.2) is 4.52 Å². The molecule has 2 rings (SSSR count). The van der Waals surface area contributed by atoms with Gasteiger partial charge in [0, 0.05) is 16.7 Å². The van der Waals surface area contributed by atoms with E-state index in [1.165, 1.54) is 4.52 Å². The van der Waals surface area contributed by atoms with Gasteiger partial charge >= 0.3 is 0 Å². The van der Waals surface area contributed by atoms with Crippen LogP contribution in [-0.4, -0.2) is 26.5 Å². The summed E-state index contributed by atoms with van der Waals surface area (Å²) in [5.41, 5.74) is 6.41. The van der Waals surface area contributed by atoms with Crippen LogP contribution in [0.2, 0.25) is 0 Å². The van der Waals surface area contributed by atoms with Gasteiger partial charge in [-0.2, -0.15) is 4.98 Å². The van der Waals surface area contributed by atoms with Gasteiger partial charge in [-0.1, -0.05) is 0 Å². The number of carbonyl (C=O) groups excluding carboxylic acids is 1. The zero-order valence-corrected chi connectivity index (χ0v) is 11.0. The van der Waals surface area contributed by atoms with E-state index in [2.05, 4.69) is 31.3 Å². The predicted octanol–water partition coefficient (Wildman–Crippen LogP) is 1.21. The summed E-state index contributed by atoms with van der Waals surface area (Å²) in [5, 5.41) is 6.78. The molecule has 0 aliphatic carbocycles. The van der Waals surface area contributed by atoms with E-state index in [9.17, 15) is 4.79 Å². The lowest BCUT2D eigenvalue weighted by Gasteiger charge is -2.08. The highest BCUT2D eigenvalue weighted by Gasteiger charge is 2.15. The third-order valence-corrected chi connectivity index (χ3v) is 2.51. The maximum Gasteiger partial charge on any atom is 0.255 e. The normalized spacial score (nSPS) is 11.1. The number of nitrogens with zero attached hydrogens (tertiary/aromatic N) is 3. The fourth-order valence-corrected chi connectivity index (χ4v) is 1.90. The molecule has 90 valence electrons. The van der Waals surface area contributed by atoms with Gasteiger partial charge in [0.15, 0.2) is 5.65 Å². The van der Waals surface area contributed by atoms with Crippen molar-refractivity contribution in [3.05, 3.63) is 22.3 Å². The van der Waals surface area contributed by atoms with Crippen LogP contribution < -0.4 is 11.1 Å². The largest absolute Gasteiger partial charge is 0.366 e. The fourth-order valence-electron chi connectivity index (χ4n) is 1.48. The Bertz CT molecular complexity index is 577. The Kier molecular flexibility index (Phi) is 3.01. The average molecular weight is 298 g/mol. The second-order valence-electron chi connectivity index (χ2n) is 3.94. The molecule has 0 saturated heterocycles. The molecule has 0 unspecified atom stereocenters. The Labute approximate surface area is 106 Å². The number of nitrogens with one attached hydrogen (secondary N) is 1. The van der Waals surface area contributed by atoms with E-state index in [1.807, 2.05) is 13.8 Å². The van der Waals surface area contributed by atoms with Crippen molar-refractivity contribution in [3.63, 3.8) is 0 Å². The highest BCUT2D eigenvalue weighted by Crippen LogP contribution is 2.17. The minimum atomic E-state index is -0.196. The van der Waals surface area contributed by atoms with Gasteiger partial charge in [0.1, 0.15) is 0 Å². The van der Waals surface area contributed by atoms with Crippen LogP contribution in [0.15, 0.2) is 16.7 Å². The van der Waals surface area contributed by atoms with Crippen LogP contribution in [0.5, 0.6) is 0 Å².